The van der Waals surface area contributed by atoms with Gasteiger partial charge in [0.25, 0.3) is 11.6 Å². The van der Waals surface area contributed by atoms with Gasteiger partial charge in [-0.2, -0.15) is 0 Å². The van der Waals surface area contributed by atoms with Crippen molar-refractivity contribution in [1.29, 1.82) is 0 Å². The Morgan fingerprint density at radius 1 is 1.60 bits per heavy atom. The fraction of sp³-hybridized carbons (Fsp3) is 0.538. The average Bonchev–Trinajstić information content (AvgIpc) is 2.46. The average molecular weight is 278 g/mol. The third-order valence-electron chi connectivity index (χ3n) is 3.70. The van der Waals surface area contributed by atoms with Crippen molar-refractivity contribution in [2.75, 3.05) is 12.3 Å². The molecular weight excluding hydrogens is 260 g/mol. The number of nitrogens with zero attached hydrogens (tertiary/aromatic N) is 3. The number of hydrogen-bond acceptors (Lipinski definition) is 5. The molecule has 0 saturated carbocycles. The van der Waals surface area contributed by atoms with Crippen LogP contribution in [0.4, 0.5) is 11.5 Å². The first-order chi connectivity index (χ1) is 9.54. The van der Waals surface area contributed by atoms with E-state index in [0.29, 0.717) is 6.54 Å². The van der Waals surface area contributed by atoms with Gasteiger partial charge in [-0.3, -0.25) is 14.9 Å². The number of aromatic nitrogens is 1. The summed E-state index contributed by atoms with van der Waals surface area (Å²) < 4.78 is 0. The number of rotatable bonds is 3. The van der Waals surface area contributed by atoms with Gasteiger partial charge in [0.05, 0.1) is 10.5 Å². The van der Waals surface area contributed by atoms with Crippen LogP contribution in [0.2, 0.25) is 0 Å². The SMILES string of the molecule is CCC1CCCCN1C(=O)c1cc([N+](=O)[O-])cnc1N. The summed E-state index contributed by atoms with van der Waals surface area (Å²) in [5.41, 5.74) is 5.61. The quantitative estimate of drug-likeness (QED) is 0.672. The summed E-state index contributed by atoms with van der Waals surface area (Å²) in [6.07, 6.45) is 4.95. The van der Waals surface area contributed by atoms with Gasteiger partial charge in [-0.15, -0.1) is 0 Å². The molecule has 1 fully saturated rings. The lowest BCUT2D eigenvalue weighted by Crippen LogP contribution is -2.43. The monoisotopic (exact) mass is 278 g/mol. The molecule has 1 atom stereocenters. The number of nitro groups is 1. The molecule has 7 nitrogen and oxygen atoms in total. The molecule has 1 aliphatic heterocycles. The van der Waals surface area contributed by atoms with Gasteiger partial charge in [-0.1, -0.05) is 6.92 Å². The predicted octanol–water partition coefficient (Wildman–Crippen LogP) is 1.98. The van der Waals surface area contributed by atoms with Crippen LogP contribution in [0.25, 0.3) is 0 Å². The molecule has 1 unspecified atom stereocenters. The Bertz CT molecular complexity index is 532. The Morgan fingerprint density at radius 3 is 3.00 bits per heavy atom. The van der Waals surface area contributed by atoms with Crippen LogP contribution in [-0.4, -0.2) is 33.3 Å². The third-order valence-corrected chi connectivity index (χ3v) is 3.70. The minimum atomic E-state index is -0.573. The lowest BCUT2D eigenvalue weighted by Gasteiger charge is -2.35. The molecule has 0 aromatic carbocycles. The Morgan fingerprint density at radius 2 is 2.35 bits per heavy atom. The number of pyridine rings is 1. The number of nitrogens with two attached hydrogens (primary N) is 1. The minimum Gasteiger partial charge on any atom is -0.383 e. The number of hydrogen-bond donors (Lipinski definition) is 1. The summed E-state index contributed by atoms with van der Waals surface area (Å²) in [7, 11) is 0. The second kappa shape index (κ2) is 5.85. The van der Waals surface area contributed by atoms with Crippen LogP contribution in [-0.2, 0) is 0 Å². The van der Waals surface area contributed by atoms with Gasteiger partial charge in [0.1, 0.15) is 12.0 Å². The summed E-state index contributed by atoms with van der Waals surface area (Å²) in [6.45, 7) is 2.70. The lowest BCUT2D eigenvalue weighted by molar-refractivity contribution is -0.385. The first-order valence-corrected chi connectivity index (χ1v) is 6.75. The van der Waals surface area contributed by atoms with Gasteiger partial charge >= 0.3 is 0 Å². The van der Waals surface area contributed by atoms with E-state index in [9.17, 15) is 14.9 Å². The molecule has 0 aliphatic carbocycles. The van der Waals surface area contributed by atoms with Crippen molar-refractivity contribution >= 4 is 17.4 Å². The van der Waals surface area contributed by atoms with Gasteiger partial charge in [0, 0.05) is 18.7 Å². The number of carbonyl (C=O) groups excluding carboxylic acids is 1. The molecule has 108 valence electrons. The van der Waals surface area contributed by atoms with E-state index in [1.54, 1.807) is 4.90 Å². The van der Waals surface area contributed by atoms with Gasteiger partial charge in [-0.25, -0.2) is 4.98 Å². The third kappa shape index (κ3) is 2.71. The van der Waals surface area contributed by atoms with Crippen molar-refractivity contribution < 1.29 is 9.72 Å². The highest BCUT2D eigenvalue weighted by Gasteiger charge is 2.28. The summed E-state index contributed by atoms with van der Waals surface area (Å²) in [5, 5.41) is 10.8. The van der Waals surface area contributed by atoms with E-state index in [4.69, 9.17) is 5.73 Å². The van der Waals surface area contributed by atoms with Crippen molar-refractivity contribution in [2.45, 2.75) is 38.6 Å². The summed E-state index contributed by atoms with van der Waals surface area (Å²) in [5.74, 6) is -0.216. The number of carbonyl (C=O) groups is 1. The molecule has 20 heavy (non-hydrogen) atoms. The standard InChI is InChI=1S/C13H18N4O3/c1-2-9-5-3-4-6-16(9)13(18)11-7-10(17(19)20)8-15-12(11)14/h7-9H,2-6H2,1H3,(H2,14,15). The fourth-order valence-electron chi connectivity index (χ4n) is 2.58. The van der Waals surface area contributed by atoms with E-state index in [-0.39, 0.29) is 29.0 Å². The van der Waals surface area contributed by atoms with E-state index in [0.717, 1.165) is 31.9 Å². The van der Waals surface area contributed by atoms with E-state index in [1.165, 1.54) is 6.07 Å². The Labute approximate surface area is 116 Å². The second-order valence-corrected chi connectivity index (χ2v) is 4.94. The molecule has 1 saturated heterocycles. The van der Waals surface area contributed by atoms with Crippen LogP contribution in [0.15, 0.2) is 12.3 Å². The molecule has 1 aliphatic rings. The smallest absolute Gasteiger partial charge is 0.288 e. The van der Waals surface area contributed by atoms with Crippen LogP contribution in [0.5, 0.6) is 0 Å². The van der Waals surface area contributed by atoms with Gasteiger partial charge in [0.15, 0.2) is 0 Å². The zero-order valence-electron chi connectivity index (χ0n) is 11.4. The molecule has 2 N–H and O–H groups in total. The van der Waals surface area contributed by atoms with Gasteiger partial charge in [0.2, 0.25) is 0 Å². The molecule has 7 heteroatoms. The first kappa shape index (κ1) is 14.2. The van der Waals surface area contributed by atoms with E-state index >= 15 is 0 Å². The second-order valence-electron chi connectivity index (χ2n) is 4.94. The molecular formula is C13H18N4O3. The van der Waals surface area contributed by atoms with Crippen molar-refractivity contribution in [3.63, 3.8) is 0 Å². The van der Waals surface area contributed by atoms with Crippen molar-refractivity contribution in [2.24, 2.45) is 0 Å². The number of anilines is 1. The van der Waals surface area contributed by atoms with E-state index in [1.807, 2.05) is 6.92 Å². The van der Waals surface area contributed by atoms with Crippen molar-refractivity contribution in [3.8, 4) is 0 Å². The first-order valence-electron chi connectivity index (χ1n) is 6.75. The fourth-order valence-corrected chi connectivity index (χ4v) is 2.58. The zero-order chi connectivity index (χ0) is 14.7. The summed E-state index contributed by atoms with van der Waals surface area (Å²) in [6, 6.07) is 1.39. The lowest BCUT2D eigenvalue weighted by atomic mass is 9.99. The Kier molecular flexibility index (Phi) is 4.16. The zero-order valence-corrected chi connectivity index (χ0v) is 11.4. The van der Waals surface area contributed by atoms with Gasteiger partial charge in [-0.05, 0) is 25.7 Å². The van der Waals surface area contributed by atoms with E-state index in [2.05, 4.69) is 4.98 Å². The molecule has 0 spiro atoms. The van der Waals surface area contributed by atoms with Crippen LogP contribution < -0.4 is 5.73 Å². The summed E-state index contributed by atoms with van der Waals surface area (Å²) >= 11 is 0. The summed E-state index contributed by atoms with van der Waals surface area (Å²) in [4.78, 5) is 28.3. The topological polar surface area (TPSA) is 102 Å². The number of piperidine rings is 1. The maximum atomic E-state index is 12.5. The Balaban J connectivity index is 2.32. The molecule has 1 amide bonds. The van der Waals surface area contributed by atoms with Crippen LogP contribution >= 0.6 is 0 Å². The molecule has 2 rings (SSSR count). The molecule has 2 heterocycles. The highest BCUT2D eigenvalue weighted by molar-refractivity contribution is 5.99. The maximum Gasteiger partial charge on any atom is 0.288 e. The normalized spacial score (nSPS) is 18.9. The highest BCUT2D eigenvalue weighted by atomic mass is 16.6. The molecule has 0 radical (unpaired) electrons. The minimum absolute atomic E-state index is 0.0426. The van der Waals surface area contributed by atoms with Crippen LogP contribution in [0.1, 0.15) is 43.0 Å². The van der Waals surface area contributed by atoms with Crippen molar-refractivity contribution in [3.05, 3.63) is 27.9 Å². The highest BCUT2D eigenvalue weighted by Crippen LogP contribution is 2.25. The largest absolute Gasteiger partial charge is 0.383 e. The molecule has 0 bridgehead atoms. The predicted molar refractivity (Wildman–Crippen MR) is 74.3 cm³/mol. The Hall–Kier alpha value is -2.18. The van der Waals surface area contributed by atoms with Gasteiger partial charge < -0.3 is 10.6 Å². The van der Waals surface area contributed by atoms with Crippen LogP contribution in [0.3, 0.4) is 0 Å². The molecule has 1 aromatic rings. The van der Waals surface area contributed by atoms with E-state index < -0.39 is 4.92 Å². The maximum absolute atomic E-state index is 12.5. The number of amides is 1. The number of likely N-dealkylation sites (tertiary alicyclic amines) is 1. The number of nitrogen functional groups attached to an aromatic ring is 1. The van der Waals surface area contributed by atoms with Crippen LogP contribution in [0, 0.1) is 10.1 Å². The molecule has 1 aromatic heterocycles. The van der Waals surface area contributed by atoms with Crippen molar-refractivity contribution in [1.82, 2.24) is 9.88 Å².